The van der Waals surface area contributed by atoms with E-state index in [9.17, 15) is 14.1 Å². The van der Waals surface area contributed by atoms with Gasteiger partial charge in [0.2, 0.25) is 0 Å². The molecular formula is C20H30N4O3S2. The summed E-state index contributed by atoms with van der Waals surface area (Å²) in [5.74, 6) is 0.356. The Labute approximate surface area is 178 Å². The highest BCUT2D eigenvalue weighted by atomic mass is 32.2. The molecule has 6 N–H and O–H groups in total. The highest BCUT2D eigenvalue weighted by Crippen LogP contribution is 2.34. The molecule has 0 fully saturated rings. The van der Waals surface area contributed by atoms with Gasteiger partial charge in [0.15, 0.2) is 0 Å². The number of carbonyl (C=O) groups is 1. The Kier molecular flexibility index (Phi) is 7.56. The number of rotatable bonds is 4. The van der Waals surface area contributed by atoms with Crippen molar-refractivity contribution < 1.29 is 14.1 Å². The van der Waals surface area contributed by atoms with Crippen molar-refractivity contribution in [2.75, 3.05) is 5.32 Å². The number of primary amides is 1. The molecule has 0 aromatic carbocycles. The van der Waals surface area contributed by atoms with Crippen LogP contribution in [0.15, 0.2) is 15.7 Å². The first-order valence-corrected chi connectivity index (χ1v) is 11.6. The van der Waals surface area contributed by atoms with Gasteiger partial charge in [-0.25, -0.2) is 14.1 Å². The molecule has 3 rings (SSSR count). The maximum absolute atomic E-state index is 11.1. The standard InChI is InChI=1S/C13H19N3O.C7H11NO2S2/c1-7(2)11-8(3)12(16-13(14)17)9-5-4-6-10(9)15-11;1-7(2,9)5-3-6(11-4-5)12(8)10/h7H,4-6H2,1-3H3,(H3,14,15,16,17);3-4,9H,8H2,1-2H3. The molecule has 0 saturated carbocycles. The molecule has 2 aromatic rings. The fourth-order valence-electron chi connectivity index (χ4n) is 3.30. The van der Waals surface area contributed by atoms with E-state index in [2.05, 4.69) is 19.2 Å². The molecule has 1 unspecified atom stereocenters. The number of fused-ring (bicyclic) bond motifs is 1. The number of nitrogens with two attached hydrogens (primary N) is 2. The maximum atomic E-state index is 11.1. The van der Waals surface area contributed by atoms with Gasteiger partial charge >= 0.3 is 6.03 Å². The van der Waals surface area contributed by atoms with Crippen molar-refractivity contribution >= 4 is 34.0 Å². The number of amides is 2. The van der Waals surface area contributed by atoms with Gasteiger partial charge in [0.05, 0.1) is 11.3 Å². The first-order chi connectivity index (χ1) is 13.4. The van der Waals surface area contributed by atoms with Crippen LogP contribution in [0.1, 0.15) is 68.1 Å². The second-order valence-corrected chi connectivity index (χ2v) is 10.1. The molecule has 2 amide bonds. The van der Waals surface area contributed by atoms with Crippen molar-refractivity contribution in [1.29, 1.82) is 0 Å². The molecular weight excluding hydrogens is 408 g/mol. The lowest BCUT2D eigenvalue weighted by molar-refractivity contribution is 0.0789. The largest absolute Gasteiger partial charge is 0.386 e. The number of anilines is 1. The minimum atomic E-state index is -1.44. The van der Waals surface area contributed by atoms with Crippen LogP contribution < -0.4 is 16.2 Å². The molecule has 1 aliphatic rings. The summed E-state index contributed by atoms with van der Waals surface area (Å²) in [6.45, 7) is 9.60. The van der Waals surface area contributed by atoms with Crippen LogP contribution in [0.3, 0.4) is 0 Å². The second-order valence-electron chi connectivity index (χ2n) is 7.93. The third-order valence-electron chi connectivity index (χ3n) is 4.78. The van der Waals surface area contributed by atoms with Crippen molar-refractivity contribution in [2.45, 2.75) is 69.6 Å². The highest BCUT2D eigenvalue weighted by Gasteiger charge is 2.22. The lowest BCUT2D eigenvalue weighted by atomic mass is 9.99. The molecule has 160 valence electrons. The summed E-state index contributed by atoms with van der Waals surface area (Å²) < 4.78 is 11.4. The quantitative estimate of drug-likeness (QED) is 0.582. The third-order valence-corrected chi connectivity index (χ3v) is 6.80. The summed E-state index contributed by atoms with van der Waals surface area (Å²) in [6, 6.07) is 1.17. The maximum Gasteiger partial charge on any atom is 0.316 e. The zero-order chi connectivity index (χ0) is 21.9. The van der Waals surface area contributed by atoms with Crippen LogP contribution in [-0.4, -0.2) is 20.3 Å². The first-order valence-electron chi connectivity index (χ1n) is 9.48. The van der Waals surface area contributed by atoms with Gasteiger partial charge < -0.3 is 16.2 Å². The number of urea groups is 1. The first kappa shape index (κ1) is 23.5. The van der Waals surface area contributed by atoms with Crippen molar-refractivity contribution in [2.24, 2.45) is 10.9 Å². The Morgan fingerprint density at radius 3 is 2.48 bits per heavy atom. The monoisotopic (exact) mass is 438 g/mol. The van der Waals surface area contributed by atoms with Gasteiger partial charge in [0.1, 0.15) is 15.2 Å². The number of hydrogen-bond acceptors (Lipinski definition) is 5. The SMILES string of the molecule is CC(C)(O)c1csc(S(N)=O)c1.Cc1c(C(C)C)nc2c(c1NC(N)=O)CCC2. The van der Waals surface area contributed by atoms with Gasteiger partial charge in [0.25, 0.3) is 0 Å². The normalized spacial score (nSPS) is 14.2. The number of hydrogen-bond donors (Lipinski definition) is 4. The zero-order valence-electron chi connectivity index (χ0n) is 17.5. The van der Waals surface area contributed by atoms with E-state index in [0.29, 0.717) is 10.1 Å². The number of aromatic nitrogens is 1. The summed E-state index contributed by atoms with van der Waals surface area (Å²) in [7, 11) is -1.44. The van der Waals surface area contributed by atoms with Crippen LogP contribution in [-0.2, 0) is 29.4 Å². The van der Waals surface area contributed by atoms with E-state index in [1.165, 1.54) is 16.9 Å². The van der Waals surface area contributed by atoms with Gasteiger partial charge in [-0.2, -0.15) is 0 Å². The molecule has 1 atom stereocenters. The number of nitrogens with one attached hydrogen (secondary N) is 1. The Morgan fingerprint density at radius 2 is 2.03 bits per heavy atom. The summed E-state index contributed by atoms with van der Waals surface area (Å²) in [4.78, 5) is 15.8. The predicted molar refractivity (Wildman–Crippen MR) is 118 cm³/mol. The number of nitrogens with zero attached hydrogens (tertiary/aromatic N) is 1. The molecule has 29 heavy (non-hydrogen) atoms. The number of aliphatic hydroxyl groups is 1. The third kappa shape index (κ3) is 5.85. The van der Waals surface area contributed by atoms with Crippen LogP contribution in [0.25, 0.3) is 0 Å². The fraction of sp³-hybridized carbons (Fsp3) is 0.500. The highest BCUT2D eigenvalue weighted by molar-refractivity contribution is 7.85. The van der Waals surface area contributed by atoms with E-state index in [0.717, 1.165) is 47.5 Å². The minimum absolute atomic E-state index is 0.356. The van der Waals surface area contributed by atoms with Gasteiger partial charge in [-0.05, 0) is 74.1 Å². The van der Waals surface area contributed by atoms with Crippen molar-refractivity contribution in [1.82, 2.24) is 4.98 Å². The number of aryl methyl sites for hydroxylation is 1. The average molecular weight is 439 g/mol. The molecule has 0 radical (unpaired) electrons. The average Bonchev–Trinajstić information content (AvgIpc) is 3.25. The summed E-state index contributed by atoms with van der Waals surface area (Å²) in [5.41, 5.74) is 10.4. The summed E-state index contributed by atoms with van der Waals surface area (Å²) in [5, 5.41) is 19.3. The Hall–Kier alpha value is -1.81. The Bertz CT molecular complexity index is 917. The molecule has 7 nitrogen and oxygen atoms in total. The molecule has 2 aromatic heterocycles. The molecule has 9 heteroatoms. The predicted octanol–water partition coefficient (Wildman–Crippen LogP) is 3.45. The van der Waals surface area contributed by atoms with Crippen molar-refractivity contribution in [3.05, 3.63) is 39.5 Å². The van der Waals surface area contributed by atoms with Crippen LogP contribution in [0, 0.1) is 6.92 Å². The van der Waals surface area contributed by atoms with Gasteiger partial charge in [-0.15, -0.1) is 11.3 Å². The summed E-state index contributed by atoms with van der Waals surface area (Å²) >= 11 is 1.30. The van der Waals surface area contributed by atoms with Crippen LogP contribution in [0.4, 0.5) is 10.5 Å². The van der Waals surface area contributed by atoms with E-state index in [-0.39, 0.29) is 0 Å². The van der Waals surface area contributed by atoms with Gasteiger partial charge in [-0.1, -0.05) is 13.8 Å². The smallest absolute Gasteiger partial charge is 0.316 e. The number of thiophene rings is 1. The Balaban J connectivity index is 0.000000221. The lowest BCUT2D eigenvalue weighted by Crippen LogP contribution is -2.22. The lowest BCUT2D eigenvalue weighted by Gasteiger charge is -2.17. The van der Waals surface area contributed by atoms with E-state index in [1.54, 1.807) is 25.3 Å². The van der Waals surface area contributed by atoms with E-state index in [1.807, 2.05) is 6.92 Å². The molecule has 0 aliphatic heterocycles. The van der Waals surface area contributed by atoms with Crippen molar-refractivity contribution in [3.63, 3.8) is 0 Å². The van der Waals surface area contributed by atoms with Gasteiger partial charge in [-0.3, -0.25) is 4.98 Å². The van der Waals surface area contributed by atoms with Crippen LogP contribution in [0.5, 0.6) is 0 Å². The van der Waals surface area contributed by atoms with Crippen molar-refractivity contribution in [3.8, 4) is 0 Å². The van der Waals surface area contributed by atoms with Gasteiger partial charge in [0, 0.05) is 11.4 Å². The topological polar surface area (TPSA) is 131 Å². The van der Waals surface area contributed by atoms with E-state index >= 15 is 0 Å². The zero-order valence-corrected chi connectivity index (χ0v) is 19.2. The van der Waals surface area contributed by atoms with E-state index < -0.39 is 22.6 Å². The number of pyridine rings is 1. The molecule has 2 heterocycles. The minimum Gasteiger partial charge on any atom is -0.386 e. The second kappa shape index (κ2) is 9.34. The number of carbonyl (C=O) groups excluding carboxylic acids is 1. The van der Waals surface area contributed by atoms with E-state index in [4.69, 9.17) is 15.9 Å². The Morgan fingerprint density at radius 1 is 1.38 bits per heavy atom. The van der Waals surface area contributed by atoms with Crippen LogP contribution in [0.2, 0.25) is 0 Å². The molecule has 0 spiro atoms. The molecule has 0 saturated heterocycles. The van der Waals surface area contributed by atoms with Crippen LogP contribution >= 0.6 is 11.3 Å². The fourth-order valence-corrected chi connectivity index (χ4v) is 4.86. The molecule has 1 aliphatic carbocycles. The molecule has 0 bridgehead atoms. The summed E-state index contributed by atoms with van der Waals surface area (Å²) in [6.07, 6.45) is 3.09.